The van der Waals surface area contributed by atoms with Crippen LogP contribution in [0.15, 0.2) is 36.4 Å². The fourth-order valence-corrected chi connectivity index (χ4v) is 2.85. The molecule has 0 saturated heterocycles. The normalized spacial score (nSPS) is 12.7. The van der Waals surface area contributed by atoms with Crippen molar-refractivity contribution < 1.29 is 28.6 Å². The SMILES string of the molecule is CCC(C)C(NC(=O)COC(=O)c1ccc(OC)c2ccccc12)C(=O)OC. The molecule has 0 radical (unpaired) electrons. The lowest BCUT2D eigenvalue weighted by atomic mass is 9.99. The highest BCUT2D eigenvalue weighted by molar-refractivity contribution is 6.06. The summed E-state index contributed by atoms with van der Waals surface area (Å²) in [7, 11) is 2.82. The van der Waals surface area contributed by atoms with Crippen molar-refractivity contribution in [2.45, 2.75) is 26.3 Å². The molecule has 0 heterocycles. The Morgan fingerprint density at radius 1 is 1.04 bits per heavy atom. The summed E-state index contributed by atoms with van der Waals surface area (Å²) in [6.07, 6.45) is 0.678. The van der Waals surface area contributed by atoms with Crippen molar-refractivity contribution in [2.75, 3.05) is 20.8 Å². The minimum atomic E-state index is -0.789. The first-order chi connectivity index (χ1) is 13.4. The number of carbonyl (C=O) groups excluding carboxylic acids is 3. The van der Waals surface area contributed by atoms with E-state index >= 15 is 0 Å². The molecule has 2 atom stereocenters. The van der Waals surface area contributed by atoms with Gasteiger partial charge < -0.3 is 19.5 Å². The van der Waals surface area contributed by atoms with Crippen molar-refractivity contribution >= 4 is 28.6 Å². The number of esters is 2. The number of hydrogen-bond donors (Lipinski definition) is 1. The Morgan fingerprint density at radius 2 is 1.71 bits per heavy atom. The van der Waals surface area contributed by atoms with E-state index in [4.69, 9.17) is 14.2 Å². The maximum Gasteiger partial charge on any atom is 0.339 e. The molecule has 0 saturated carbocycles. The van der Waals surface area contributed by atoms with Crippen molar-refractivity contribution in [2.24, 2.45) is 5.92 Å². The molecule has 150 valence electrons. The first-order valence-corrected chi connectivity index (χ1v) is 9.02. The maximum atomic E-state index is 12.5. The van der Waals surface area contributed by atoms with Crippen LogP contribution in [0.1, 0.15) is 30.6 Å². The van der Waals surface area contributed by atoms with Gasteiger partial charge >= 0.3 is 11.9 Å². The molecule has 0 aromatic heterocycles. The molecule has 0 aliphatic rings. The van der Waals surface area contributed by atoms with E-state index in [2.05, 4.69) is 5.32 Å². The Hall–Kier alpha value is -3.09. The monoisotopic (exact) mass is 387 g/mol. The highest BCUT2D eigenvalue weighted by Gasteiger charge is 2.27. The second-order valence-corrected chi connectivity index (χ2v) is 6.39. The van der Waals surface area contributed by atoms with Crippen LogP contribution in [0.2, 0.25) is 0 Å². The lowest BCUT2D eigenvalue weighted by Crippen LogP contribution is -2.47. The fourth-order valence-electron chi connectivity index (χ4n) is 2.85. The number of hydrogen-bond acceptors (Lipinski definition) is 6. The van der Waals surface area contributed by atoms with Crippen LogP contribution in [0.25, 0.3) is 10.8 Å². The standard InChI is InChI=1S/C21H25NO6/c1-5-13(2)19(21(25)27-4)22-18(23)12-28-20(24)16-10-11-17(26-3)15-9-7-6-8-14(15)16/h6-11,13,19H,5,12H2,1-4H3,(H,22,23). The third-order valence-corrected chi connectivity index (χ3v) is 4.64. The van der Waals surface area contributed by atoms with Gasteiger partial charge in [0.25, 0.3) is 5.91 Å². The number of amides is 1. The zero-order valence-electron chi connectivity index (χ0n) is 16.5. The molecule has 2 unspecified atom stereocenters. The van der Waals surface area contributed by atoms with Gasteiger partial charge in [-0.25, -0.2) is 9.59 Å². The zero-order valence-corrected chi connectivity index (χ0v) is 16.5. The van der Waals surface area contributed by atoms with Crippen LogP contribution in [0.3, 0.4) is 0 Å². The van der Waals surface area contributed by atoms with Gasteiger partial charge in [-0.3, -0.25) is 4.79 Å². The summed E-state index contributed by atoms with van der Waals surface area (Å²) < 4.78 is 15.2. The van der Waals surface area contributed by atoms with Gasteiger partial charge in [-0.2, -0.15) is 0 Å². The molecule has 0 aliphatic carbocycles. The molecule has 2 rings (SSSR count). The molecular formula is C21H25NO6. The van der Waals surface area contributed by atoms with Crippen LogP contribution in [0, 0.1) is 5.92 Å². The van der Waals surface area contributed by atoms with E-state index in [9.17, 15) is 14.4 Å². The molecule has 0 fully saturated rings. The van der Waals surface area contributed by atoms with Crippen LogP contribution in [-0.4, -0.2) is 44.7 Å². The lowest BCUT2D eigenvalue weighted by Gasteiger charge is -2.21. The molecule has 0 aliphatic heterocycles. The van der Waals surface area contributed by atoms with Crippen LogP contribution >= 0.6 is 0 Å². The molecule has 0 bridgehead atoms. The molecule has 1 N–H and O–H groups in total. The summed E-state index contributed by atoms with van der Waals surface area (Å²) in [5.74, 6) is -1.21. The van der Waals surface area contributed by atoms with Crippen LogP contribution < -0.4 is 10.1 Å². The van der Waals surface area contributed by atoms with Gasteiger partial charge in [0.1, 0.15) is 11.8 Å². The Balaban J connectivity index is 2.09. The predicted molar refractivity (Wildman–Crippen MR) is 104 cm³/mol. The molecule has 1 amide bonds. The lowest BCUT2D eigenvalue weighted by molar-refractivity contribution is -0.147. The number of methoxy groups -OCH3 is 2. The van der Waals surface area contributed by atoms with Crippen molar-refractivity contribution in [3.63, 3.8) is 0 Å². The number of ether oxygens (including phenoxy) is 3. The van der Waals surface area contributed by atoms with E-state index in [0.29, 0.717) is 23.1 Å². The number of fused-ring (bicyclic) bond motifs is 1. The minimum Gasteiger partial charge on any atom is -0.496 e. The second-order valence-electron chi connectivity index (χ2n) is 6.39. The van der Waals surface area contributed by atoms with E-state index in [1.165, 1.54) is 7.11 Å². The summed E-state index contributed by atoms with van der Waals surface area (Å²) in [5, 5.41) is 4.01. The highest BCUT2D eigenvalue weighted by atomic mass is 16.5. The van der Waals surface area contributed by atoms with E-state index in [-0.39, 0.29) is 5.92 Å². The van der Waals surface area contributed by atoms with Gasteiger partial charge in [0, 0.05) is 5.39 Å². The molecule has 7 heteroatoms. The topological polar surface area (TPSA) is 90.9 Å². The predicted octanol–water partition coefficient (Wildman–Crippen LogP) is 2.71. The molecule has 7 nitrogen and oxygen atoms in total. The van der Waals surface area contributed by atoms with Crippen LogP contribution in [0.5, 0.6) is 5.75 Å². The van der Waals surface area contributed by atoms with E-state index < -0.39 is 30.5 Å². The molecule has 2 aromatic rings. The smallest absolute Gasteiger partial charge is 0.339 e. The van der Waals surface area contributed by atoms with Gasteiger partial charge in [0.05, 0.1) is 19.8 Å². The molecule has 0 spiro atoms. The van der Waals surface area contributed by atoms with Gasteiger partial charge in [-0.1, -0.05) is 44.5 Å². The third-order valence-electron chi connectivity index (χ3n) is 4.64. The Labute approximate surface area is 164 Å². The molecule has 28 heavy (non-hydrogen) atoms. The number of nitrogens with one attached hydrogen (secondary N) is 1. The second kappa shape index (κ2) is 9.73. The number of carbonyl (C=O) groups is 3. The van der Waals surface area contributed by atoms with Crippen LogP contribution in [-0.2, 0) is 19.1 Å². The van der Waals surface area contributed by atoms with Gasteiger partial charge in [-0.15, -0.1) is 0 Å². The molecular weight excluding hydrogens is 362 g/mol. The zero-order chi connectivity index (χ0) is 20.7. The minimum absolute atomic E-state index is 0.113. The third kappa shape index (κ3) is 4.79. The summed E-state index contributed by atoms with van der Waals surface area (Å²) in [6.45, 7) is 3.24. The first-order valence-electron chi connectivity index (χ1n) is 9.02. The van der Waals surface area contributed by atoms with E-state index in [1.807, 2.05) is 26.0 Å². The highest BCUT2D eigenvalue weighted by Crippen LogP contribution is 2.28. The average Bonchev–Trinajstić information content (AvgIpc) is 2.73. The van der Waals surface area contributed by atoms with Crippen molar-refractivity contribution in [3.05, 3.63) is 42.0 Å². The Bertz CT molecular complexity index is 863. The van der Waals surface area contributed by atoms with Crippen molar-refractivity contribution in [1.82, 2.24) is 5.32 Å². The van der Waals surface area contributed by atoms with Gasteiger partial charge in [-0.05, 0) is 23.4 Å². The van der Waals surface area contributed by atoms with Gasteiger partial charge in [0.15, 0.2) is 6.61 Å². The van der Waals surface area contributed by atoms with Crippen molar-refractivity contribution in [3.8, 4) is 5.75 Å². The fraction of sp³-hybridized carbons (Fsp3) is 0.381. The number of rotatable bonds is 8. The molecule has 2 aromatic carbocycles. The Kier molecular flexibility index (Phi) is 7.37. The summed E-state index contributed by atoms with van der Waals surface area (Å²) >= 11 is 0. The summed E-state index contributed by atoms with van der Waals surface area (Å²) in [6, 6.07) is 9.75. The number of benzene rings is 2. The van der Waals surface area contributed by atoms with Crippen molar-refractivity contribution in [1.29, 1.82) is 0 Å². The average molecular weight is 387 g/mol. The maximum absolute atomic E-state index is 12.5. The largest absolute Gasteiger partial charge is 0.496 e. The van der Waals surface area contributed by atoms with Crippen LogP contribution in [0.4, 0.5) is 0 Å². The van der Waals surface area contributed by atoms with E-state index in [1.54, 1.807) is 31.4 Å². The Morgan fingerprint density at radius 3 is 2.32 bits per heavy atom. The summed E-state index contributed by atoms with van der Waals surface area (Å²) in [4.78, 5) is 36.5. The van der Waals surface area contributed by atoms with E-state index in [0.717, 1.165) is 5.39 Å². The van der Waals surface area contributed by atoms with Gasteiger partial charge in [0.2, 0.25) is 0 Å². The summed E-state index contributed by atoms with van der Waals surface area (Å²) in [5.41, 5.74) is 0.329. The first kappa shape index (κ1) is 21.2. The quantitative estimate of drug-likeness (QED) is 0.701.